The van der Waals surface area contributed by atoms with Gasteiger partial charge in [-0.25, -0.2) is 18.6 Å². The van der Waals surface area contributed by atoms with Gasteiger partial charge < -0.3 is 4.74 Å². The number of nitrogens with zero attached hydrogens (tertiary/aromatic N) is 1. The highest BCUT2D eigenvalue weighted by atomic mass is 35.5. The monoisotopic (exact) mass is 351 g/mol. The quantitative estimate of drug-likeness (QED) is 0.591. The van der Waals surface area contributed by atoms with Crippen LogP contribution in [0, 0.1) is 11.6 Å². The van der Waals surface area contributed by atoms with Crippen molar-refractivity contribution in [2.45, 2.75) is 6.18 Å². The van der Waals surface area contributed by atoms with Gasteiger partial charge in [0.25, 0.3) is 0 Å². The third-order valence-electron chi connectivity index (χ3n) is 2.86. The number of methoxy groups -OCH3 is 1. The first kappa shape index (κ1) is 17.1. The molecule has 2 aromatic rings. The molecule has 0 bridgehead atoms. The number of pyridine rings is 1. The second-order valence-corrected chi connectivity index (χ2v) is 4.74. The summed E-state index contributed by atoms with van der Waals surface area (Å²) in [5.41, 5.74) is -2.91. The van der Waals surface area contributed by atoms with Crippen LogP contribution < -0.4 is 0 Å². The second kappa shape index (κ2) is 6.11. The summed E-state index contributed by atoms with van der Waals surface area (Å²) >= 11 is 5.73. The fourth-order valence-electron chi connectivity index (χ4n) is 1.79. The van der Waals surface area contributed by atoms with E-state index in [9.17, 15) is 26.7 Å². The maximum absolute atomic E-state index is 13.9. The molecule has 0 saturated heterocycles. The molecule has 3 nitrogen and oxygen atoms in total. The first-order chi connectivity index (χ1) is 10.6. The molecule has 0 fully saturated rings. The van der Waals surface area contributed by atoms with Crippen molar-refractivity contribution in [1.82, 2.24) is 4.98 Å². The van der Waals surface area contributed by atoms with Crippen molar-refractivity contribution in [3.8, 4) is 11.3 Å². The molecule has 0 aliphatic heterocycles. The number of alkyl halides is 3. The standard InChI is InChI=1S/C14H7ClF5NO2/c1-23-13(22)12-8(15)2-3-11(21-12)6-4-10(17)7(5-9(6)16)14(18,19)20/h2-5H,1H3. The van der Waals surface area contributed by atoms with Crippen LogP contribution in [-0.2, 0) is 10.9 Å². The zero-order chi connectivity index (χ0) is 17.4. The highest BCUT2D eigenvalue weighted by Gasteiger charge is 2.35. The summed E-state index contributed by atoms with van der Waals surface area (Å²) in [6, 6.07) is 2.69. The Labute approximate surface area is 131 Å². The van der Waals surface area contributed by atoms with Crippen LogP contribution in [0.3, 0.4) is 0 Å². The Morgan fingerprint density at radius 1 is 1.17 bits per heavy atom. The summed E-state index contributed by atoms with van der Waals surface area (Å²) in [6.07, 6.45) is -5.03. The molecule has 1 aromatic carbocycles. The van der Waals surface area contributed by atoms with Gasteiger partial charge in [-0.15, -0.1) is 0 Å². The van der Waals surface area contributed by atoms with E-state index in [-0.39, 0.29) is 22.5 Å². The van der Waals surface area contributed by atoms with Gasteiger partial charge in [0.15, 0.2) is 5.69 Å². The van der Waals surface area contributed by atoms with Gasteiger partial charge in [-0.2, -0.15) is 13.2 Å². The molecule has 0 saturated carbocycles. The molecule has 0 aliphatic rings. The summed E-state index contributed by atoms with van der Waals surface area (Å²) in [7, 11) is 1.06. The number of halogens is 6. The summed E-state index contributed by atoms with van der Waals surface area (Å²) in [5, 5.41) is -0.103. The molecule has 1 heterocycles. The molecule has 23 heavy (non-hydrogen) atoms. The molecule has 122 valence electrons. The van der Waals surface area contributed by atoms with Crippen LogP contribution >= 0.6 is 11.6 Å². The lowest BCUT2D eigenvalue weighted by Gasteiger charge is -2.11. The Hall–Kier alpha value is -2.22. The van der Waals surface area contributed by atoms with Gasteiger partial charge in [0.1, 0.15) is 11.6 Å². The van der Waals surface area contributed by atoms with E-state index in [0.717, 1.165) is 13.2 Å². The van der Waals surface area contributed by atoms with Gasteiger partial charge in [0.2, 0.25) is 0 Å². The smallest absolute Gasteiger partial charge is 0.419 e. The molecule has 0 radical (unpaired) electrons. The minimum absolute atomic E-state index is 0.0266. The lowest BCUT2D eigenvalue weighted by Crippen LogP contribution is -2.10. The van der Waals surface area contributed by atoms with E-state index < -0.39 is 34.9 Å². The Bertz CT molecular complexity index is 776. The van der Waals surface area contributed by atoms with E-state index in [1.54, 1.807) is 0 Å². The summed E-state index contributed by atoms with van der Waals surface area (Å²) in [6.45, 7) is 0. The number of carbonyl (C=O) groups excluding carboxylic acids is 1. The topological polar surface area (TPSA) is 39.2 Å². The van der Waals surface area contributed by atoms with Crippen molar-refractivity contribution in [2.75, 3.05) is 7.11 Å². The van der Waals surface area contributed by atoms with Crippen LogP contribution in [0.1, 0.15) is 16.1 Å². The highest BCUT2D eigenvalue weighted by Crippen LogP contribution is 2.35. The average Bonchev–Trinajstić information content (AvgIpc) is 2.48. The van der Waals surface area contributed by atoms with Crippen molar-refractivity contribution in [1.29, 1.82) is 0 Å². The predicted octanol–water partition coefficient (Wildman–Crippen LogP) is 4.49. The number of ether oxygens (including phenoxy) is 1. The number of rotatable bonds is 2. The van der Waals surface area contributed by atoms with Crippen LogP contribution in [0.25, 0.3) is 11.3 Å². The zero-order valence-corrected chi connectivity index (χ0v) is 12.1. The Morgan fingerprint density at radius 2 is 1.83 bits per heavy atom. The second-order valence-electron chi connectivity index (χ2n) is 4.33. The summed E-state index contributed by atoms with van der Waals surface area (Å²) in [4.78, 5) is 15.2. The van der Waals surface area contributed by atoms with Crippen molar-refractivity contribution in [2.24, 2.45) is 0 Å². The molecule has 0 amide bonds. The van der Waals surface area contributed by atoms with Crippen LogP contribution in [0.5, 0.6) is 0 Å². The number of benzene rings is 1. The molecule has 0 unspecified atom stereocenters. The van der Waals surface area contributed by atoms with E-state index >= 15 is 0 Å². The third-order valence-corrected chi connectivity index (χ3v) is 3.17. The van der Waals surface area contributed by atoms with Gasteiger partial charge in [-0.3, -0.25) is 0 Å². The molecule has 2 rings (SSSR count). The van der Waals surface area contributed by atoms with Crippen LogP contribution in [-0.4, -0.2) is 18.1 Å². The van der Waals surface area contributed by atoms with Gasteiger partial charge in [-0.1, -0.05) is 11.6 Å². The molecule has 0 spiro atoms. The number of esters is 1. The molecule has 9 heteroatoms. The first-order valence-electron chi connectivity index (χ1n) is 5.96. The number of hydrogen-bond acceptors (Lipinski definition) is 3. The first-order valence-corrected chi connectivity index (χ1v) is 6.34. The minimum atomic E-state index is -5.03. The lowest BCUT2D eigenvalue weighted by atomic mass is 10.1. The average molecular weight is 352 g/mol. The van der Waals surface area contributed by atoms with Gasteiger partial charge >= 0.3 is 12.1 Å². The molecule has 0 N–H and O–H groups in total. The normalized spacial score (nSPS) is 11.4. The molecule has 0 aliphatic carbocycles. The third kappa shape index (κ3) is 3.42. The van der Waals surface area contributed by atoms with Crippen molar-refractivity contribution in [3.63, 3.8) is 0 Å². The fourth-order valence-corrected chi connectivity index (χ4v) is 1.97. The minimum Gasteiger partial charge on any atom is -0.464 e. The largest absolute Gasteiger partial charge is 0.464 e. The van der Waals surface area contributed by atoms with E-state index in [1.807, 2.05) is 0 Å². The predicted molar refractivity (Wildman–Crippen MR) is 70.9 cm³/mol. The Kier molecular flexibility index (Phi) is 4.56. The van der Waals surface area contributed by atoms with Crippen LogP contribution in [0.2, 0.25) is 5.02 Å². The van der Waals surface area contributed by atoms with E-state index in [0.29, 0.717) is 6.07 Å². The van der Waals surface area contributed by atoms with E-state index in [4.69, 9.17) is 11.6 Å². The Balaban J connectivity index is 2.60. The SMILES string of the molecule is COC(=O)c1nc(-c2cc(F)c(C(F)(F)F)cc2F)ccc1Cl. The maximum atomic E-state index is 13.9. The molecular formula is C14H7ClF5NO2. The van der Waals surface area contributed by atoms with Crippen molar-refractivity contribution >= 4 is 17.6 Å². The van der Waals surface area contributed by atoms with E-state index in [2.05, 4.69) is 9.72 Å². The molecule has 0 atom stereocenters. The van der Waals surface area contributed by atoms with Crippen molar-refractivity contribution in [3.05, 3.63) is 52.2 Å². The zero-order valence-electron chi connectivity index (χ0n) is 11.3. The summed E-state index contributed by atoms with van der Waals surface area (Å²) in [5.74, 6) is -3.93. The van der Waals surface area contributed by atoms with Crippen LogP contribution in [0.4, 0.5) is 22.0 Å². The van der Waals surface area contributed by atoms with Gasteiger partial charge in [0, 0.05) is 5.56 Å². The van der Waals surface area contributed by atoms with Gasteiger partial charge in [-0.05, 0) is 24.3 Å². The Morgan fingerprint density at radius 3 is 2.39 bits per heavy atom. The van der Waals surface area contributed by atoms with Crippen molar-refractivity contribution < 1.29 is 31.5 Å². The highest BCUT2D eigenvalue weighted by molar-refractivity contribution is 6.33. The van der Waals surface area contributed by atoms with Gasteiger partial charge in [0.05, 0.1) is 23.4 Å². The summed E-state index contributed by atoms with van der Waals surface area (Å²) < 4.78 is 69.5. The maximum Gasteiger partial charge on any atom is 0.419 e. The van der Waals surface area contributed by atoms with Crippen LogP contribution in [0.15, 0.2) is 24.3 Å². The number of aromatic nitrogens is 1. The molecular weight excluding hydrogens is 345 g/mol. The fraction of sp³-hybridized carbons (Fsp3) is 0.143. The van der Waals surface area contributed by atoms with E-state index in [1.165, 1.54) is 6.07 Å². The lowest BCUT2D eigenvalue weighted by molar-refractivity contribution is -0.140. The number of hydrogen-bond donors (Lipinski definition) is 0. The molecule has 1 aromatic heterocycles. The number of carbonyl (C=O) groups is 1.